The van der Waals surface area contributed by atoms with E-state index in [1.54, 1.807) is 36.4 Å². The van der Waals surface area contributed by atoms with E-state index < -0.39 is 17.3 Å². The lowest BCUT2D eigenvalue weighted by atomic mass is 10.1. The first-order valence-electron chi connectivity index (χ1n) is 7.90. The van der Waals surface area contributed by atoms with Crippen LogP contribution in [0.4, 0.5) is 13.2 Å². The summed E-state index contributed by atoms with van der Waals surface area (Å²) in [6.45, 7) is 5.80. The molecule has 1 aromatic carbocycles. The summed E-state index contributed by atoms with van der Waals surface area (Å²) in [6.07, 6.45) is -2.27. The summed E-state index contributed by atoms with van der Waals surface area (Å²) in [6, 6.07) is 9.18. The molecule has 0 atom stereocenters. The van der Waals surface area contributed by atoms with Gasteiger partial charge in [-0.25, -0.2) is 4.98 Å². The largest absolute Gasteiger partial charge is 0.490 e. The van der Waals surface area contributed by atoms with Gasteiger partial charge in [-0.3, -0.25) is 0 Å². The monoisotopic (exact) mass is 378 g/mol. The molecule has 26 heavy (non-hydrogen) atoms. The molecule has 0 saturated carbocycles. The van der Waals surface area contributed by atoms with Crippen LogP contribution in [0.3, 0.4) is 0 Å². The zero-order valence-corrected chi connectivity index (χ0v) is 15.0. The van der Waals surface area contributed by atoms with Crippen LogP contribution in [-0.4, -0.2) is 17.3 Å². The Hall–Kier alpha value is -2.46. The lowest BCUT2D eigenvalue weighted by Gasteiger charge is -2.14. The molecule has 0 fully saturated rings. The maximum atomic E-state index is 13.4. The van der Waals surface area contributed by atoms with E-state index in [0.717, 1.165) is 24.2 Å². The van der Waals surface area contributed by atoms with Gasteiger partial charge in [0.2, 0.25) is 0 Å². The van der Waals surface area contributed by atoms with E-state index in [1.807, 2.05) is 6.92 Å². The van der Waals surface area contributed by atoms with Gasteiger partial charge in [-0.1, -0.05) is 19.6 Å². The van der Waals surface area contributed by atoms with Crippen molar-refractivity contribution in [2.45, 2.75) is 24.5 Å². The second-order valence-electron chi connectivity index (χ2n) is 5.32. The number of benzene rings is 1. The third-order valence-corrected chi connectivity index (χ3v) is 4.55. The van der Waals surface area contributed by atoms with Crippen LogP contribution in [0.2, 0.25) is 0 Å². The van der Waals surface area contributed by atoms with E-state index in [9.17, 15) is 18.4 Å². The third kappa shape index (κ3) is 4.79. The minimum absolute atomic E-state index is 0.103. The summed E-state index contributed by atoms with van der Waals surface area (Å²) in [4.78, 5) is 4.30. The van der Waals surface area contributed by atoms with Crippen molar-refractivity contribution < 1.29 is 17.9 Å². The van der Waals surface area contributed by atoms with E-state index in [2.05, 4.69) is 11.6 Å². The lowest BCUT2D eigenvalue weighted by molar-refractivity contribution is -0.138. The predicted molar refractivity (Wildman–Crippen MR) is 96.1 cm³/mol. The van der Waals surface area contributed by atoms with Gasteiger partial charge in [-0.15, -0.1) is 11.8 Å². The molecule has 2 aromatic rings. The highest BCUT2D eigenvalue weighted by Gasteiger charge is 2.36. The van der Waals surface area contributed by atoms with Crippen molar-refractivity contribution in [3.63, 3.8) is 0 Å². The summed E-state index contributed by atoms with van der Waals surface area (Å²) in [5.41, 5.74) is -0.698. The number of halogens is 3. The van der Waals surface area contributed by atoms with E-state index in [-0.39, 0.29) is 10.7 Å². The van der Waals surface area contributed by atoms with Gasteiger partial charge >= 0.3 is 6.18 Å². The molecule has 0 radical (unpaired) electrons. The second kappa shape index (κ2) is 8.77. The van der Waals surface area contributed by atoms with E-state index in [1.165, 1.54) is 0 Å². The van der Waals surface area contributed by atoms with Crippen molar-refractivity contribution >= 4 is 11.8 Å². The van der Waals surface area contributed by atoms with Crippen LogP contribution in [0.25, 0.3) is 11.3 Å². The number of pyridine rings is 1. The van der Waals surface area contributed by atoms with E-state index in [4.69, 9.17) is 4.74 Å². The third-order valence-electron chi connectivity index (χ3n) is 3.36. The Morgan fingerprint density at radius 2 is 2.00 bits per heavy atom. The van der Waals surface area contributed by atoms with Crippen LogP contribution in [0.15, 0.2) is 48.0 Å². The number of aromatic nitrogens is 1. The second-order valence-corrected chi connectivity index (χ2v) is 6.40. The number of ether oxygens (including phenoxy) is 1. The molecule has 136 valence electrons. The van der Waals surface area contributed by atoms with Crippen molar-refractivity contribution in [1.29, 1.82) is 5.26 Å². The Labute approximate surface area is 154 Å². The fourth-order valence-electron chi connectivity index (χ4n) is 2.18. The van der Waals surface area contributed by atoms with Crippen molar-refractivity contribution in [2.24, 2.45) is 0 Å². The molecule has 0 bridgehead atoms. The van der Waals surface area contributed by atoms with Gasteiger partial charge in [0.1, 0.15) is 23.5 Å². The van der Waals surface area contributed by atoms with Crippen LogP contribution < -0.4 is 4.74 Å². The van der Waals surface area contributed by atoms with Crippen LogP contribution in [0, 0.1) is 11.3 Å². The summed E-state index contributed by atoms with van der Waals surface area (Å²) in [7, 11) is 0. The molecular formula is C19H17F3N2OS. The number of nitriles is 1. The number of hydrogen-bond donors (Lipinski definition) is 0. The Morgan fingerprint density at radius 1 is 1.31 bits per heavy atom. The lowest BCUT2D eigenvalue weighted by Crippen LogP contribution is -2.10. The summed E-state index contributed by atoms with van der Waals surface area (Å²) in [5.74, 6) is 1.16. The van der Waals surface area contributed by atoms with Gasteiger partial charge < -0.3 is 4.74 Å². The highest BCUT2D eigenvalue weighted by atomic mass is 32.2. The molecule has 0 amide bonds. The van der Waals surface area contributed by atoms with Gasteiger partial charge in [0, 0.05) is 5.56 Å². The highest BCUT2D eigenvalue weighted by Crippen LogP contribution is 2.38. The molecule has 0 unspecified atom stereocenters. The minimum Gasteiger partial charge on any atom is -0.490 e. The Balaban J connectivity index is 2.51. The normalized spacial score (nSPS) is 11.0. The fourth-order valence-corrected chi connectivity index (χ4v) is 3.04. The molecule has 0 N–H and O–H groups in total. The van der Waals surface area contributed by atoms with Crippen molar-refractivity contribution in [3.05, 3.63) is 54.1 Å². The topological polar surface area (TPSA) is 45.9 Å². The first kappa shape index (κ1) is 19.9. The molecule has 1 aromatic heterocycles. The average Bonchev–Trinajstić information content (AvgIpc) is 2.63. The van der Waals surface area contributed by atoms with Gasteiger partial charge in [0.15, 0.2) is 0 Å². The Morgan fingerprint density at radius 3 is 2.54 bits per heavy atom. The number of alkyl halides is 3. The van der Waals surface area contributed by atoms with Crippen molar-refractivity contribution in [2.75, 3.05) is 12.4 Å². The first-order chi connectivity index (χ1) is 12.4. The zero-order valence-electron chi connectivity index (χ0n) is 14.1. The molecular weight excluding hydrogens is 361 g/mol. The van der Waals surface area contributed by atoms with Crippen molar-refractivity contribution in [3.8, 4) is 23.1 Å². The SMILES string of the molecule is C=CCOc1ccc(-c2cc(C(F)(F)F)c(C#N)c(SCCC)n2)cc1. The van der Waals surface area contributed by atoms with E-state index >= 15 is 0 Å². The highest BCUT2D eigenvalue weighted by molar-refractivity contribution is 7.99. The Bertz CT molecular complexity index is 811. The number of nitrogens with zero attached hydrogens (tertiary/aromatic N) is 2. The molecule has 1 heterocycles. The standard InChI is InChI=1S/C19H17F3N2OS/c1-3-9-25-14-7-5-13(6-8-14)17-11-16(19(20,21)22)15(12-23)18(24-17)26-10-4-2/h3,5-8,11H,1,4,9-10H2,2H3. The molecule has 7 heteroatoms. The molecule has 0 aliphatic heterocycles. The van der Waals surface area contributed by atoms with E-state index in [0.29, 0.717) is 23.7 Å². The number of rotatable bonds is 7. The molecule has 0 aliphatic carbocycles. The summed E-state index contributed by atoms with van der Waals surface area (Å²) < 4.78 is 45.6. The zero-order chi connectivity index (χ0) is 19.2. The predicted octanol–water partition coefficient (Wildman–Crippen LogP) is 5.71. The maximum absolute atomic E-state index is 13.4. The van der Waals surface area contributed by atoms with Gasteiger partial charge in [-0.05, 0) is 42.5 Å². The molecule has 0 spiro atoms. The van der Waals surface area contributed by atoms with Gasteiger partial charge in [0.25, 0.3) is 0 Å². The Kier molecular flexibility index (Phi) is 6.70. The average molecular weight is 378 g/mol. The van der Waals surface area contributed by atoms with Crippen LogP contribution in [-0.2, 0) is 6.18 Å². The van der Waals surface area contributed by atoms with Gasteiger partial charge in [-0.2, -0.15) is 18.4 Å². The van der Waals surface area contributed by atoms with Crippen LogP contribution in [0.1, 0.15) is 24.5 Å². The van der Waals surface area contributed by atoms with Crippen molar-refractivity contribution in [1.82, 2.24) is 4.98 Å². The molecule has 3 nitrogen and oxygen atoms in total. The smallest absolute Gasteiger partial charge is 0.417 e. The molecule has 2 rings (SSSR count). The van der Waals surface area contributed by atoms with Crippen LogP contribution in [0.5, 0.6) is 5.75 Å². The van der Waals surface area contributed by atoms with Gasteiger partial charge in [0.05, 0.1) is 16.8 Å². The number of hydrogen-bond acceptors (Lipinski definition) is 4. The molecule has 0 aliphatic rings. The quantitative estimate of drug-likeness (QED) is 0.458. The first-order valence-corrected chi connectivity index (χ1v) is 8.88. The molecule has 0 saturated heterocycles. The number of thioether (sulfide) groups is 1. The minimum atomic E-state index is -4.63. The maximum Gasteiger partial charge on any atom is 0.417 e. The fraction of sp³-hybridized carbons (Fsp3) is 0.263. The summed E-state index contributed by atoms with van der Waals surface area (Å²) >= 11 is 1.16. The van der Waals surface area contributed by atoms with Crippen LogP contribution >= 0.6 is 11.8 Å². The summed E-state index contributed by atoms with van der Waals surface area (Å²) in [5, 5.41) is 9.32.